The van der Waals surface area contributed by atoms with Crippen LogP contribution in [0.25, 0.3) is 0 Å². The molecular formula is C19H26FNO2. The highest BCUT2D eigenvalue weighted by atomic mass is 19.1. The summed E-state index contributed by atoms with van der Waals surface area (Å²) < 4.78 is 18.8. The van der Waals surface area contributed by atoms with Crippen LogP contribution in [0.1, 0.15) is 31.7 Å². The van der Waals surface area contributed by atoms with Crippen LogP contribution >= 0.6 is 0 Å². The fraction of sp³-hybridized carbons (Fsp3) is 0.526. The van der Waals surface area contributed by atoms with E-state index in [1.807, 2.05) is 17.9 Å². The van der Waals surface area contributed by atoms with Crippen molar-refractivity contribution in [1.82, 2.24) is 4.90 Å². The number of likely N-dealkylation sites (tertiary alicyclic amines) is 1. The van der Waals surface area contributed by atoms with Crippen molar-refractivity contribution >= 4 is 5.91 Å². The first-order valence-corrected chi connectivity index (χ1v) is 8.36. The molecule has 1 aromatic rings. The van der Waals surface area contributed by atoms with Gasteiger partial charge in [-0.15, -0.1) is 6.58 Å². The number of piperidine rings is 1. The Hall–Kier alpha value is -1.68. The molecular weight excluding hydrogens is 293 g/mol. The van der Waals surface area contributed by atoms with E-state index in [9.17, 15) is 9.18 Å². The van der Waals surface area contributed by atoms with Crippen molar-refractivity contribution in [3.05, 3.63) is 48.3 Å². The molecule has 1 atom stereocenters. The number of amides is 1. The minimum atomic E-state index is -0.394. The van der Waals surface area contributed by atoms with E-state index in [1.54, 1.807) is 18.2 Å². The molecule has 126 valence electrons. The maximum Gasteiger partial charge on any atom is 0.251 e. The van der Waals surface area contributed by atoms with Gasteiger partial charge in [-0.2, -0.15) is 0 Å². The first-order valence-electron chi connectivity index (χ1n) is 8.36. The Morgan fingerprint density at radius 3 is 2.87 bits per heavy atom. The molecule has 0 bridgehead atoms. The van der Waals surface area contributed by atoms with E-state index in [4.69, 9.17) is 4.74 Å². The van der Waals surface area contributed by atoms with Crippen molar-refractivity contribution in [2.24, 2.45) is 5.92 Å². The lowest BCUT2D eigenvalue weighted by Crippen LogP contribution is -2.44. The number of nitrogens with zero attached hydrogens (tertiary/aromatic N) is 1. The van der Waals surface area contributed by atoms with Gasteiger partial charge in [0.15, 0.2) is 0 Å². The number of benzene rings is 1. The molecule has 2 rings (SSSR count). The van der Waals surface area contributed by atoms with Gasteiger partial charge in [0, 0.05) is 13.1 Å². The smallest absolute Gasteiger partial charge is 0.251 e. The molecule has 3 nitrogen and oxygen atoms in total. The molecule has 0 aromatic heterocycles. The van der Waals surface area contributed by atoms with Crippen LogP contribution < -0.4 is 0 Å². The van der Waals surface area contributed by atoms with Crippen molar-refractivity contribution in [3.63, 3.8) is 0 Å². The Balaban J connectivity index is 1.76. The lowest BCUT2D eigenvalue weighted by Gasteiger charge is -2.33. The van der Waals surface area contributed by atoms with E-state index < -0.39 is 6.10 Å². The Kier molecular flexibility index (Phi) is 6.78. The molecule has 1 aliphatic rings. The zero-order valence-electron chi connectivity index (χ0n) is 13.8. The molecule has 1 unspecified atom stereocenters. The summed E-state index contributed by atoms with van der Waals surface area (Å²) in [5, 5.41) is 0. The molecule has 0 aliphatic carbocycles. The van der Waals surface area contributed by atoms with E-state index in [-0.39, 0.29) is 11.7 Å². The van der Waals surface area contributed by atoms with Crippen molar-refractivity contribution in [1.29, 1.82) is 0 Å². The zero-order valence-corrected chi connectivity index (χ0v) is 13.8. The maximum absolute atomic E-state index is 13.2. The predicted molar refractivity (Wildman–Crippen MR) is 89.6 cm³/mol. The molecule has 1 fully saturated rings. The van der Waals surface area contributed by atoms with Gasteiger partial charge in [0.2, 0.25) is 0 Å². The van der Waals surface area contributed by atoms with Gasteiger partial charge in [-0.3, -0.25) is 4.79 Å². The minimum absolute atomic E-state index is 0.0678. The fourth-order valence-electron chi connectivity index (χ4n) is 3.01. The highest BCUT2D eigenvalue weighted by molar-refractivity contribution is 5.80. The van der Waals surface area contributed by atoms with Crippen LogP contribution in [-0.4, -0.2) is 36.6 Å². The quantitative estimate of drug-likeness (QED) is 0.568. The van der Waals surface area contributed by atoms with E-state index in [2.05, 4.69) is 6.58 Å². The molecule has 1 amide bonds. The van der Waals surface area contributed by atoms with Crippen molar-refractivity contribution in [3.8, 4) is 0 Å². The van der Waals surface area contributed by atoms with Crippen molar-refractivity contribution in [2.75, 3.05) is 19.7 Å². The fourth-order valence-corrected chi connectivity index (χ4v) is 3.01. The molecule has 4 heteroatoms. The largest absolute Gasteiger partial charge is 0.368 e. The van der Waals surface area contributed by atoms with Gasteiger partial charge in [0.1, 0.15) is 11.9 Å². The highest BCUT2D eigenvalue weighted by Crippen LogP contribution is 2.22. The molecule has 0 radical (unpaired) electrons. The first-order chi connectivity index (χ1) is 11.1. The van der Waals surface area contributed by atoms with Crippen molar-refractivity contribution < 1.29 is 13.9 Å². The third kappa shape index (κ3) is 5.47. The Morgan fingerprint density at radius 1 is 1.48 bits per heavy atom. The second kappa shape index (κ2) is 8.82. The van der Waals surface area contributed by atoms with Gasteiger partial charge in [-0.1, -0.05) is 18.2 Å². The van der Waals surface area contributed by atoms with Crippen LogP contribution in [0.5, 0.6) is 0 Å². The summed E-state index contributed by atoms with van der Waals surface area (Å²) in [6, 6.07) is 6.80. The van der Waals surface area contributed by atoms with Gasteiger partial charge in [-0.25, -0.2) is 4.39 Å². The number of carbonyl (C=O) groups excluding carboxylic acids is 1. The topological polar surface area (TPSA) is 29.5 Å². The third-order valence-corrected chi connectivity index (χ3v) is 4.38. The van der Waals surface area contributed by atoms with Crippen LogP contribution in [0.2, 0.25) is 0 Å². The molecule has 0 N–H and O–H groups in total. The first kappa shape index (κ1) is 17.7. The van der Waals surface area contributed by atoms with E-state index in [1.165, 1.54) is 6.07 Å². The van der Waals surface area contributed by atoms with Crippen LogP contribution in [0, 0.1) is 11.7 Å². The molecule has 0 saturated carbocycles. The molecule has 1 aromatic carbocycles. The second-order valence-electron chi connectivity index (χ2n) is 6.19. The van der Waals surface area contributed by atoms with Crippen LogP contribution in [0.3, 0.4) is 0 Å². The number of ether oxygens (including phenoxy) is 1. The average Bonchev–Trinajstić information content (AvgIpc) is 2.55. The zero-order chi connectivity index (χ0) is 16.7. The van der Waals surface area contributed by atoms with Crippen LogP contribution in [0.4, 0.5) is 4.39 Å². The molecule has 1 heterocycles. The summed E-state index contributed by atoms with van der Waals surface area (Å²) in [6.45, 7) is 7.50. The Labute approximate surface area is 138 Å². The average molecular weight is 319 g/mol. The summed E-state index contributed by atoms with van der Waals surface area (Å²) in [4.78, 5) is 14.2. The lowest BCUT2D eigenvalue weighted by atomic mass is 9.90. The van der Waals surface area contributed by atoms with Gasteiger partial charge in [0.05, 0.1) is 6.61 Å². The van der Waals surface area contributed by atoms with Gasteiger partial charge >= 0.3 is 0 Å². The molecule has 1 aliphatic heterocycles. The van der Waals surface area contributed by atoms with Gasteiger partial charge in [-0.05, 0) is 56.2 Å². The summed E-state index contributed by atoms with van der Waals surface area (Å²) in [5.41, 5.74) is 1.04. The summed E-state index contributed by atoms with van der Waals surface area (Å²) in [5.74, 6) is 0.400. The molecule has 23 heavy (non-hydrogen) atoms. The van der Waals surface area contributed by atoms with E-state index in [0.717, 1.165) is 44.3 Å². The monoisotopic (exact) mass is 319 g/mol. The number of halogens is 1. The van der Waals surface area contributed by atoms with E-state index in [0.29, 0.717) is 12.5 Å². The van der Waals surface area contributed by atoms with Crippen LogP contribution in [0.15, 0.2) is 36.9 Å². The number of hydrogen-bond donors (Lipinski definition) is 0. The Bertz CT molecular complexity index is 524. The number of rotatable bonds is 7. The number of hydrogen-bond acceptors (Lipinski definition) is 2. The third-order valence-electron chi connectivity index (χ3n) is 4.38. The second-order valence-corrected chi connectivity index (χ2v) is 6.19. The molecule has 0 spiro atoms. The summed E-state index contributed by atoms with van der Waals surface area (Å²) >= 11 is 0. The Morgan fingerprint density at radius 2 is 2.22 bits per heavy atom. The predicted octanol–water partition coefficient (Wildman–Crippen LogP) is 3.59. The van der Waals surface area contributed by atoms with Crippen molar-refractivity contribution in [2.45, 2.75) is 38.7 Å². The standard InChI is InChI=1S/C19H26FNO2/c1-3-4-12-23-15(2)19(22)21-10-8-16(9-11-21)13-17-6-5-7-18(20)14-17/h3,5-7,14-16H,1,4,8-13H2,2H3. The van der Waals surface area contributed by atoms with Crippen LogP contribution in [-0.2, 0) is 16.0 Å². The van der Waals surface area contributed by atoms with E-state index >= 15 is 0 Å². The maximum atomic E-state index is 13.2. The highest BCUT2D eigenvalue weighted by Gasteiger charge is 2.26. The normalized spacial score (nSPS) is 17.0. The van der Waals surface area contributed by atoms with Gasteiger partial charge in [0.25, 0.3) is 5.91 Å². The SMILES string of the molecule is C=CCCOC(C)C(=O)N1CCC(Cc2cccc(F)c2)CC1. The minimum Gasteiger partial charge on any atom is -0.368 e. The molecule has 1 saturated heterocycles. The summed E-state index contributed by atoms with van der Waals surface area (Å²) in [7, 11) is 0. The lowest BCUT2D eigenvalue weighted by molar-refractivity contribution is -0.144. The number of carbonyl (C=O) groups is 1. The van der Waals surface area contributed by atoms with Gasteiger partial charge < -0.3 is 9.64 Å². The summed E-state index contributed by atoms with van der Waals surface area (Å²) in [6.07, 6.45) is 4.95.